The van der Waals surface area contributed by atoms with Crippen LogP contribution in [0.25, 0.3) is 0 Å². The van der Waals surface area contributed by atoms with Crippen molar-refractivity contribution in [3.05, 3.63) is 11.4 Å². The van der Waals surface area contributed by atoms with Gasteiger partial charge in [-0.1, -0.05) is 0 Å². The van der Waals surface area contributed by atoms with Crippen molar-refractivity contribution in [2.75, 3.05) is 13.2 Å². The molecule has 1 amide bonds. The first-order valence-electron chi connectivity index (χ1n) is 7.80. The van der Waals surface area contributed by atoms with E-state index < -0.39 is 17.9 Å². The fourth-order valence-electron chi connectivity index (χ4n) is 2.08. The topological polar surface area (TPSA) is 103 Å². The van der Waals surface area contributed by atoms with Crippen LogP contribution in [0.2, 0.25) is 0 Å². The highest BCUT2D eigenvalue weighted by Crippen LogP contribution is 2.21. The summed E-state index contributed by atoms with van der Waals surface area (Å²) in [6.07, 6.45) is 0.184. The highest BCUT2D eigenvalue weighted by molar-refractivity contribution is 5.84. The van der Waals surface area contributed by atoms with Gasteiger partial charge in [-0.3, -0.25) is 9.48 Å². The van der Waals surface area contributed by atoms with Gasteiger partial charge in [-0.2, -0.15) is 5.10 Å². The van der Waals surface area contributed by atoms with E-state index >= 15 is 0 Å². The van der Waals surface area contributed by atoms with Crippen LogP contribution in [0.1, 0.15) is 38.6 Å². The normalized spacial score (nSPS) is 12.8. The zero-order valence-electron chi connectivity index (χ0n) is 15.2. The Hall–Kier alpha value is -2.09. The number of aryl methyl sites for hydroxylation is 2. The lowest BCUT2D eigenvalue weighted by atomic mass is 10.2. The van der Waals surface area contributed by atoms with Crippen molar-refractivity contribution < 1.29 is 24.2 Å². The monoisotopic (exact) mass is 341 g/mol. The Morgan fingerprint density at radius 2 is 1.96 bits per heavy atom. The van der Waals surface area contributed by atoms with Crippen LogP contribution < -0.4 is 10.1 Å². The summed E-state index contributed by atoms with van der Waals surface area (Å²) in [5.74, 6) is -1.06. The number of aromatic nitrogens is 2. The molecule has 24 heavy (non-hydrogen) atoms. The molecule has 1 rings (SSSR count). The van der Waals surface area contributed by atoms with Gasteiger partial charge in [-0.05, 0) is 34.6 Å². The van der Waals surface area contributed by atoms with Crippen LogP contribution in [0.5, 0.6) is 5.75 Å². The Bertz CT molecular complexity index is 589. The second-order valence-electron chi connectivity index (χ2n) is 6.62. The molecule has 8 nitrogen and oxygen atoms in total. The minimum atomic E-state index is -1.10. The summed E-state index contributed by atoms with van der Waals surface area (Å²) in [7, 11) is 1.78. The van der Waals surface area contributed by atoms with Gasteiger partial charge < -0.3 is 19.9 Å². The maximum Gasteiger partial charge on any atom is 0.326 e. The van der Waals surface area contributed by atoms with Crippen LogP contribution in [0, 0.1) is 13.8 Å². The minimum Gasteiger partial charge on any atom is -0.480 e. The molecular weight excluding hydrogens is 314 g/mol. The van der Waals surface area contributed by atoms with Crippen molar-refractivity contribution in [3.63, 3.8) is 0 Å². The fourth-order valence-corrected chi connectivity index (χ4v) is 2.08. The Morgan fingerprint density at radius 1 is 1.33 bits per heavy atom. The van der Waals surface area contributed by atoms with Crippen molar-refractivity contribution in [1.29, 1.82) is 0 Å². The van der Waals surface area contributed by atoms with E-state index in [2.05, 4.69) is 10.4 Å². The lowest BCUT2D eigenvalue weighted by Gasteiger charge is -2.21. The van der Waals surface area contributed by atoms with E-state index in [4.69, 9.17) is 9.47 Å². The molecule has 0 aliphatic rings. The molecule has 0 bridgehead atoms. The van der Waals surface area contributed by atoms with Crippen LogP contribution in [0.15, 0.2) is 0 Å². The molecule has 1 heterocycles. The SMILES string of the molecule is Cc1nn(C)c(C)c1OCC(=O)NC(CCOC(C)(C)C)C(=O)O. The molecule has 1 unspecified atom stereocenters. The van der Waals surface area contributed by atoms with Crippen molar-refractivity contribution >= 4 is 11.9 Å². The first-order valence-corrected chi connectivity index (χ1v) is 7.80. The van der Waals surface area contributed by atoms with E-state index in [1.807, 2.05) is 27.7 Å². The second-order valence-corrected chi connectivity index (χ2v) is 6.62. The van der Waals surface area contributed by atoms with Gasteiger partial charge in [0.05, 0.1) is 11.3 Å². The number of hydrogen-bond acceptors (Lipinski definition) is 5. The number of amides is 1. The summed E-state index contributed by atoms with van der Waals surface area (Å²) in [5.41, 5.74) is 1.12. The van der Waals surface area contributed by atoms with Crippen LogP contribution in [0.4, 0.5) is 0 Å². The summed E-state index contributed by atoms with van der Waals surface area (Å²) in [5, 5.41) is 15.8. The molecule has 2 N–H and O–H groups in total. The van der Waals surface area contributed by atoms with Gasteiger partial charge in [0.1, 0.15) is 11.7 Å². The highest BCUT2D eigenvalue weighted by atomic mass is 16.5. The number of aliphatic carboxylic acids is 1. The number of rotatable bonds is 8. The van der Waals surface area contributed by atoms with Gasteiger partial charge in [0.15, 0.2) is 12.4 Å². The summed E-state index contributed by atoms with van der Waals surface area (Å²) < 4.78 is 12.6. The molecule has 1 aromatic rings. The van der Waals surface area contributed by atoms with E-state index in [-0.39, 0.29) is 25.2 Å². The molecule has 0 fully saturated rings. The van der Waals surface area contributed by atoms with Crippen molar-refractivity contribution in [3.8, 4) is 5.75 Å². The molecule has 136 valence electrons. The van der Waals surface area contributed by atoms with E-state index in [0.717, 1.165) is 5.69 Å². The average Bonchev–Trinajstić information content (AvgIpc) is 2.67. The zero-order valence-corrected chi connectivity index (χ0v) is 15.2. The Morgan fingerprint density at radius 3 is 2.42 bits per heavy atom. The summed E-state index contributed by atoms with van der Waals surface area (Å²) in [6, 6.07) is -1.01. The number of nitrogens with zero attached hydrogens (tertiary/aromatic N) is 2. The molecule has 0 saturated carbocycles. The number of hydrogen-bond donors (Lipinski definition) is 2. The second kappa shape index (κ2) is 8.14. The number of ether oxygens (including phenoxy) is 2. The molecule has 0 saturated heterocycles. The summed E-state index contributed by atoms with van der Waals surface area (Å²) >= 11 is 0. The van der Waals surface area contributed by atoms with Crippen molar-refractivity contribution in [1.82, 2.24) is 15.1 Å². The molecule has 0 aromatic carbocycles. The van der Waals surface area contributed by atoms with Crippen LogP contribution in [-0.2, 0) is 21.4 Å². The lowest BCUT2D eigenvalue weighted by Crippen LogP contribution is -2.44. The Labute approximate surface area is 142 Å². The molecule has 1 atom stereocenters. The number of carboxylic acid groups (broad SMARTS) is 1. The lowest BCUT2D eigenvalue weighted by molar-refractivity contribution is -0.143. The van der Waals surface area contributed by atoms with Gasteiger partial charge in [0, 0.05) is 20.1 Å². The molecule has 0 aliphatic carbocycles. The average molecular weight is 341 g/mol. The maximum absolute atomic E-state index is 12.0. The fraction of sp³-hybridized carbons (Fsp3) is 0.688. The van der Waals surface area contributed by atoms with Gasteiger partial charge in [0.2, 0.25) is 0 Å². The Balaban J connectivity index is 2.52. The first-order chi connectivity index (χ1) is 11.0. The predicted molar refractivity (Wildman–Crippen MR) is 88.1 cm³/mol. The van der Waals surface area contributed by atoms with Gasteiger partial charge in [0.25, 0.3) is 5.91 Å². The number of carbonyl (C=O) groups is 2. The quantitative estimate of drug-likeness (QED) is 0.736. The van der Waals surface area contributed by atoms with Crippen LogP contribution in [-0.4, -0.2) is 51.6 Å². The third-order valence-electron chi connectivity index (χ3n) is 3.37. The Kier molecular flexibility index (Phi) is 6.77. The third-order valence-corrected chi connectivity index (χ3v) is 3.37. The van der Waals surface area contributed by atoms with Crippen molar-refractivity contribution in [2.45, 2.75) is 52.7 Å². The molecule has 0 radical (unpaired) electrons. The standard InChI is InChI=1S/C16H27N3O5/c1-10-14(11(2)19(6)18-10)23-9-13(20)17-12(15(21)22)7-8-24-16(3,4)5/h12H,7-9H2,1-6H3,(H,17,20)(H,21,22). The van der Waals surface area contributed by atoms with Crippen molar-refractivity contribution in [2.24, 2.45) is 7.05 Å². The van der Waals surface area contributed by atoms with Gasteiger partial charge in [-0.25, -0.2) is 4.79 Å². The zero-order chi connectivity index (χ0) is 18.5. The molecule has 1 aromatic heterocycles. The number of carboxylic acids is 1. The smallest absolute Gasteiger partial charge is 0.326 e. The van der Waals surface area contributed by atoms with E-state index in [1.165, 1.54) is 0 Å². The third kappa shape index (κ3) is 6.19. The molecule has 0 spiro atoms. The van der Waals surface area contributed by atoms with Gasteiger partial charge >= 0.3 is 5.97 Å². The molecule has 8 heteroatoms. The van der Waals surface area contributed by atoms with Crippen LogP contribution in [0.3, 0.4) is 0 Å². The molecule has 0 aliphatic heterocycles. The maximum atomic E-state index is 12.0. The van der Waals surface area contributed by atoms with E-state index in [0.29, 0.717) is 11.4 Å². The summed E-state index contributed by atoms with van der Waals surface area (Å²) in [6.45, 7) is 9.23. The van der Waals surface area contributed by atoms with E-state index in [1.54, 1.807) is 18.7 Å². The molecular formula is C16H27N3O5. The van der Waals surface area contributed by atoms with E-state index in [9.17, 15) is 14.7 Å². The number of nitrogens with one attached hydrogen (secondary N) is 1. The van der Waals surface area contributed by atoms with Gasteiger partial charge in [-0.15, -0.1) is 0 Å². The number of carbonyl (C=O) groups excluding carboxylic acids is 1. The van der Waals surface area contributed by atoms with Crippen LogP contribution >= 0.6 is 0 Å². The summed E-state index contributed by atoms with van der Waals surface area (Å²) in [4.78, 5) is 23.2. The largest absolute Gasteiger partial charge is 0.480 e. The predicted octanol–water partition coefficient (Wildman–Crippen LogP) is 1.19. The minimum absolute atomic E-state index is 0.184. The first kappa shape index (κ1) is 20.0. The highest BCUT2D eigenvalue weighted by Gasteiger charge is 2.22.